The molecule has 5 heteroatoms. The summed E-state index contributed by atoms with van der Waals surface area (Å²) in [7, 11) is 0. The summed E-state index contributed by atoms with van der Waals surface area (Å²) in [5, 5.41) is 12.6. The zero-order valence-electron chi connectivity index (χ0n) is 11.3. The second-order valence-corrected chi connectivity index (χ2v) is 5.33. The van der Waals surface area contributed by atoms with E-state index in [0.29, 0.717) is 0 Å². The van der Waals surface area contributed by atoms with Gasteiger partial charge in [0.05, 0.1) is 12.6 Å². The third-order valence-electron chi connectivity index (χ3n) is 2.92. The maximum atomic E-state index is 11.6. The van der Waals surface area contributed by atoms with Crippen molar-refractivity contribution in [2.75, 3.05) is 6.54 Å². The van der Waals surface area contributed by atoms with E-state index in [2.05, 4.69) is 21.2 Å². The predicted octanol–water partition coefficient (Wildman–Crippen LogP) is 3.41. The minimum Gasteiger partial charge on any atom is -0.445 e. The Morgan fingerprint density at radius 2 is 1.81 bits per heavy atom. The minimum absolute atomic E-state index is 0.0935. The number of carbonyl (C=O) groups excluding carboxylic acids is 1. The number of benzene rings is 2. The molecule has 0 aliphatic rings. The predicted molar refractivity (Wildman–Crippen MR) is 83.7 cm³/mol. The van der Waals surface area contributed by atoms with E-state index >= 15 is 0 Å². The number of halogens is 1. The van der Waals surface area contributed by atoms with Crippen molar-refractivity contribution in [1.82, 2.24) is 5.32 Å². The van der Waals surface area contributed by atoms with Crippen molar-refractivity contribution in [3.63, 3.8) is 0 Å². The van der Waals surface area contributed by atoms with Crippen LogP contribution < -0.4 is 5.32 Å². The highest BCUT2D eigenvalue weighted by molar-refractivity contribution is 9.10. The Bertz CT molecular complexity index is 589. The molecule has 0 spiro atoms. The van der Waals surface area contributed by atoms with Gasteiger partial charge in [0.15, 0.2) is 0 Å². The molecule has 4 nitrogen and oxygen atoms in total. The first-order valence-corrected chi connectivity index (χ1v) is 7.33. The van der Waals surface area contributed by atoms with Gasteiger partial charge in [0.25, 0.3) is 0 Å². The molecule has 0 saturated carbocycles. The fourth-order valence-electron chi connectivity index (χ4n) is 1.81. The normalized spacial score (nSPS) is 11.7. The van der Waals surface area contributed by atoms with E-state index in [0.717, 1.165) is 15.6 Å². The number of rotatable bonds is 5. The lowest BCUT2D eigenvalue weighted by atomic mass is 10.1. The number of aliphatic hydroxyl groups excluding tert-OH is 1. The van der Waals surface area contributed by atoms with E-state index < -0.39 is 12.2 Å². The molecule has 0 aliphatic heterocycles. The van der Waals surface area contributed by atoms with Crippen molar-refractivity contribution < 1.29 is 14.6 Å². The summed E-state index contributed by atoms with van der Waals surface area (Å²) in [4.78, 5) is 11.6. The summed E-state index contributed by atoms with van der Waals surface area (Å²) < 4.78 is 5.87. The Labute approximate surface area is 131 Å². The zero-order chi connectivity index (χ0) is 15.1. The summed E-state index contributed by atoms with van der Waals surface area (Å²) in [5.41, 5.74) is 1.64. The van der Waals surface area contributed by atoms with Crippen LogP contribution in [0.3, 0.4) is 0 Å². The lowest BCUT2D eigenvalue weighted by molar-refractivity contribution is 0.126. The van der Waals surface area contributed by atoms with Gasteiger partial charge >= 0.3 is 6.09 Å². The molecule has 1 atom stereocenters. The van der Waals surface area contributed by atoms with Gasteiger partial charge < -0.3 is 15.2 Å². The molecule has 110 valence electrons. The molecular weight excluding hydrogens is 334 g/mol. The Morgan fingerprint density at radius 1 is 1.14 bits per heavy atom. The van der Waals surface area contributed by atoms with Crippen molar-refractivity contribution in [1.29, 1.82) is 0 Å². The van der Waals surface area contributed by atoms with E-state index in [9.17, 15) is 9.90 Å². The van der Waals surface area contributed by atoms with Gasteiger partial charge in [0, 0.05) is 4.47 Å². The highest BCUT2D eigenvalue weighted by atomic mass is 79.9. The van der Waals surface area contributed by atoms with Crippen molar-refractivity contribution in [2.45, 2.75) is 12.7 Å². The van der Waals surface area contributed by atoms with E-state index in [1.165, 1.54) is 0 Å². The van der Waals surface area contributed by atoms with Crippen LogP contribution in [-0.4, -0.2) is 17.7 Å². The second kappa shape index (κ2) is 7.81. The number of hydrogen-bond donors (Lipinski definition) is 2. The lowest BCUT2D eigenvalue weighted by Crippen LogP contribution is -2.29. The Morgan fingerprint density at radius 3 is 2.52 bits per heavy atom. The van der Waals surface area contributed by atoms with Gasteiger partial charge in [-0.2, -0.15) is 0 Å². The van der Waals surface area contributed by atoms with Crippen LogP contribution >= 0.6 is 15.9 Å². The molecule has 0 aliphatic carbocycles. The van der Waals surface area contributed by atoms with Gasteiger partial charge in [0.1, 0.15) is 6.61 Å². The SMILES string of the molecule is O=C(NCC(O)c1ccccc1Br)OCc1ccccc1. The van der Waals surface area contributed by atoms with Gasteiger partial charge in [-0.15, -0.1) is 0 Å². The first-order chi connectivity index (χ1) is 10.2. The Balaban J connectivity index is 1.77. The molecule has 0 heterocycles. The van der Waals surface area contributed by atoms with Crippen LogP contribution in [0.15, 0.2) is 59.1 Å². The monoisotopic (exact) mass is 349 g/mol. The van der Waals surface area contributed by atoms with Crippen LogP contribution in [0.1, 0.15) is 17.2 Å². The van der Waals surface area contributed by atoms with Gasteiger partial charge in [-0.1, -0.05) is 64.5 Å². The van der Waals surface area contributed by atoms with E-state index in [1.54, 1.807) is 6.07 Å². The van der Waals surface area contributed by atoms with Gasteiger partial charge in [0.2, 0.25) is 0 Å². The van der Waals surface area contributed by atoms with Crippen LogP contribution in [0.5, 0.6) is 0 Å². The molecule has 0 aromatic heterocycles. The molecule has 0 saturated heterocycles. The number of nitrogens with one attached hydrogen (secondary N) is 1. The largest absolute Gasteiger partial charge is 0.445 e. The summed E-state index contributed by atoms with van der Waals surface area (Å²) in [6.45, 7) is 0.300. The van der Waals surface area contributed by atoms with Crippen molar-refractivity contribution >= 4 is 22.0 Å². The second-order valence-electron chi connectivity index (χ2n) is 4.48. The number of carbonyl (C=O) groups is 1. The van der Waals surface area contributed by atoms with E-state index in [1.807, 2.05) is 48.5 Å². The maximum Gasteiger partial charge on any atom is 0.407 e. The summed E-state index contributed by atoms with van der Waals surface area (Å²) >= 11 is 3.36. The molecule has 2 rings (SSSR count). The van der Waals surface area contributed by atoms with Crippen LogP contribution in [0.4, 0.5) is 4.79 Å². The average Bonchev–Trinajstić information content (AvgIpc) is 2.52. The minimum atomic E-state index is -0.787. The molecular formula is C16H16BrNO3. The van der Waals surface area contributed by atoms with Crippen LogP contribution in [-0.2, 0) is 11.3 Å². The van der Waals surface area contributed by atoms with E-state index in [-0.39, 0.29) is 13.2 Å². The summed E-state index contributed by atoms with van der Waals surface area (Å²) in [5.74, 6) is 0. The third kappa shape index (κ3) is 4.88. The lowest BCUT2D eigenvalue weighted by Gasteiger charge is -2.13. The Kier molecular flexibility index (Phi) is 5.78. The highest BCUT2D eigenvalue weighted by Gasteiger charge is 2.12. The van der Waals surface area contributed by atoms with Crippen molar-refractivity contribution in [3.8, 4) is 0 Å². The molecule has 0 radical (unpaired) electrons. The quantitative estimate of drug-likeness (QED) is 0.869. The number of ether oxygens (including phenoxy) is 1. The van der Waals surface area contributed by atoms with Gasteiger partial charge in [-0.25, -0.2) is 4.79 Å². The number of amides is 1. The van der Waals surface area contributed by atoms with E-state index in [4.69, 9.17) is 4.74 Å². The van der Waals surface area contributed by atoms with Crippen LogP contribution in [0, 0.1) is 0 Å². The van der Waals surface area contributed by atoms with Crippen LogP contribution in [0.2, 0.25) is 0 Å². The van der Waals surface area contributed by atoms with Crippen molar-refractivity contribution in [2.24, 2.45) is 0 Å². The molecule has 0 bridgehead atoms. The summed E-state index contributed by atoms with van der Waals surface area (Å²) in [6.07, 6.45) is -1.34. The zero-order valence-corrected chi connectivity index (χ0v) is 12.9. The third-order valence-corrected chi connectivity index (χ3v) is 3.64. The molecule has 2 N–H and O–H groups in total. The Hall–Kier alpha value is -1.85. The first-order valence-electron chi connectivity index (χ1n) is 6.54. The number of aliphatic hydroxyl groups is 1. The fraction of sp³-hybridized carbons (Fsp3) is 0.188. The molecule has 1 unspecified atom stereocenters. The van der Waals surface area contributed by atoms with Gasteiger partial charge in [-0.3, -0.25) is 0 Å². The molecule has 2 aromatic carbocycles. The van der Waals surface area contributed by atoms with Gasteiger partial charge in [-0.05, 0) is 17.2 Å². The first kappa shape index (κ1) is 15.5. The number of alkyl carbamates (subject to hydrolysis) is 1. The summed E-state index contributed by atoms with van der Waals surface area (Å²) in [6, 6.07) is 16.8. The standard InChI is InChI=1S/C16H16BrNO3/c17-14-9-5-4-8-13(14)15(19)10-18-16(20)21-11-12-6-2-1-3-7-12/h1-9,15,19H,10-11H2,(H,18,20). The molecule has 0 fully saturated rings. The molecule has 1 amide bonds. The fourth-order valence-corrected chi connectivity index (χ4v) is 2.36. The topological polar surface area (TPSA) is 58.6 Å². The highest BCUT2D eigenvalue weighted by Crippen LogP contribution is 2.22. The molecule has 2 aromatic rings. The molecule has 21 heavy (non-hydrogen) atoms. The van der Waals surface area contributed by atoms with Crippen molar-refractivity contribution in [3.05, 3.63) is 70.2 Å². The van der Waals surface area contributed by atoms with Crippen LogP contribution in [0.25, 0.3) is 0 Å². The maximum absolute atomic E-state index is 11.6. The smallest absolute Gasteiger partial charge is 0.407 e. The average molecular weight is 350 g/mol. The number of hydrogen-bond acceptors (Lipinski definition) is 3.